The van der Waals surface area contributed by atoms with E-state index >= 15 is 0 Å². The molecule has 0 radical (unpaired) electrons. The van der Waals surface area contributed by atoms with Crippen LogP contribution in [0.1, 0.15) is 28.3 Å². The monoisotopic (exact) mass is 336 g/mol. The van der Waals surface area contributed by atoms with Crippen molar-refractivity contribution in [2.75, 3.05) is 0 Å². The van der Waals surface area contributed by atoms with Crippen molar-refractivity contribution in [2.45, 2.75) is 26.3 Å². The lowest BCUT2D eigenvalue weighted by molar-refractivity contribution is 0.547. The molecular formula is C16H18BrFN2. The van der Waals surface area contributed by atoms with Gasteiger partial charge in [0, 0.05) is 4.47 Å². The molecule has 0 aliphatic rings. The minimum absolute atomic E-state index is 0.0629. The van der Waals surface area contributed by atoms with E-state index in [2.05, 4.69) is 53.4 Å². The fourth-order valence-corrected chi connectivity index (χ4v) is 2.84. The van der Waals surface area contributed by atoms with E-state index in [0.29, 0.717) is 0 Å². The summed E-state index contributed by atoms with van der Waals surface area (Å²) in [7, 11) is 0. The van der Waals surface area contributed by atoms with Crippen LogP contribution in [0.4, 0.5) is 4.39 Å². The molecule has 2 nitrogen and oxygen atoms in total. The van der Waals surface area contributed by atoms with Crippen LogP contribution in [0.3, 0.4) is 0 Å². The van der Waals surface area contributed by atoms with Crippen molar-refractivity contribution in [3.05, 3.63) is 68.9 Å². The fraction of sp³-hybridized carbons (Fsp3) is 0.250. The Morgan fingerprint density at radius 2 is 1.90 bits per heavy atom. The van der Waals surface area contributed by atoms with Gasteiger partial charge in [-0.05, 0) is 54.7 Å². The molecule has 1 unspecified atom stereocenters. The zero-order valence-electron chi connectivity index (χ0n) is 11.6. The smallest absolute Gasteiger partial charge is 0.124 e. The van der Waals surface area contributed by atoms with Crippen LogP contribution in [0.5, 0.6) is 0 Å². The first-order valence-corrected chi connectivity index (χ1v) is 7.27. The second-order valence-electron chi connectivity index (χ2n) is 5.01. The van der Waals surface area contributed by atoms with Crippen molar-refractivity contribution >= 4 is 15.9 Å². The van der Waals surface area contributed by atoms with Gasteiger partial charge in [0.2, 0.25) is 0 Å². The Bertz CT molecular complexity index is 613. The molecule has 1 atom stereocenters. The number of nitrogens with two attached hydrogens (primary N) is 1. The first-order valence-electron chi connectivity index (χ1n) is 6.48. The van der Waals surface area contributed by atoms with Crippen LogP contribution in [0.15, 0.2) is 40.9 Å². The number of halogens is 2. The highest BCUT2D eigenvalue weighted by molar-refractivity contribution is 9.10. The van der Waals surface area contributed by atoms with Crippen LogP contribution in [-0.2, 0) is 6.42 Å². The average Bonchev–Trinajstić information content (AvgIpc) is 2.41. The van der Waals surface area contributed by atoms with Crippen molar-refractivity contribution in [1.82, 2.24) is 5.43 Å². The average molecular weight is 337 g/mol. The van der Waals surface area contributed by atoms with Crippen LogP contribution in [0.25, 0.3) is 0 Å². The third-order valence-electron chi connectivity index (χ3n) is 3.55. The van der Waals surface area contributed by atoms with Gasteiger partial charge < -0.3 is 0 Å². The molecular weight excluding hydrogens is 319 g/mol. The predicted molar refractivity (Wildman–Crippen MR) is 83.8 cm³/mol. The van der Waals surface area contributed by atoms with Crippen molar-refractivity contribution in [3.8, 4) is 0 Å². The SMILES string of the molecule is Cc1ccc(CC(NN)c2ccc(F)cc2Br)cc1C. The van der Waals surface area contributed by atoms with Gasteiger partial charge in [-0.1, -0.05) is 40.2 Å². The van der Waals surface area contributed by atoms with E-state index in [1.54, 1.807) is 6.07 Å². The molecule has 3 N–H and O–H groups in total. The minimum atomic E-state index is -0.262. The van der Waals surface area contributed by atoms with Crippen LogP contribution >= 0.6 is 15.9 Å². The molecule has 0 spiro atoms. The summed E-state index contributed by atoms with van der Waals surface area (Å²) < 4.78 is 13.9. The molecule has 0 aromatic heterocycles. The molecule has 0 fully saturated rings. The molecule has 0 aliphatic carbocycles. The number of hydrogen-bond acceptors (Lipinski definition) is 2. The maximum absolute atomic E-state index is 13.2. The molecule has 2 aromatic rings. The minimum Gasteiger partial charge on any atom is -0.271 e. The number of hydrazine groups is 1. The van der Waals surface area contributed by atoms with E-state index in [1.165, 1.54) is 28.8 Å². The lowest BCUT2D eigenvalue weighted by Gasteiger charge is -2.18. The lowest BCUT2D eigenvalue weighted by Crippen LogP contribution is -2.29. The zero-order valence-corrected chi connectivity index (χ0v) is 13.2. The summed E-state index contributed by atoms with van der Waals surface area (Å²) in [5, 5.41) is 0. The number of aryl methyl sites for hydroxylation is 2. The van der Waals surface area contributed by atoms with E-state index < -0.39 is 0 Å². The number of nitrogens with one attached hydrogen (secondary N) is 1. The molecule has 106 valence electrons. The topological polar surface area (TPSA) is 38.0 Å². The molecule has 0 heterocycles. The summed E-state index contributed by atoms with van der Waals surface area (Å²) in [5.74, 6) is 5.40. The Morgan fingerprint density at radius 3 is 2.50 bits per heavy atom. The predicted octanol–water partition coefficient (Wildman–Crippen LogP) is 3.95. The molecule has 0 saturated heterocycles. The third-order valence-corrected chi connectivity index (χ3v) is 4.24. The summed E-state index contributed by atoms with van der Waals surface area (Å²) in [6.07, 6.45) is 0.752. The first-order chi connectivity index (χ1) is 9.51. The maximum Gasteiger partial charge on any atom is 0.124 e. The van der Waals surface area contributed by atoms with Crippen molar-refractivity contribution in [1.29, 1.82) is 0 Å². The Balaban J connectivity index is 2.26. The van der Waals surface area contributed by atoms with Gasteiger partial charge in [0.1, 0.15) is 5.82 Å². The largest absolute Gasteiger partial charge is 0.271 e. The molecule has 0 amide bonds. The van der Waals surface area contributed by atoms with Crippen LogP contribution in [0, 0.1) is 19.7 Å². The lowest BCUT2D eigenvalue weighted by atomic mass is 9.97. The normalized spacial score (nSPS) is 12.4. The fourth-order valence-electron chi connectivity index (χ4n) is 2.21. The second-order valence-corrected chi connectivity index (χ2v) is 5.86. The molecule has 2 rings (SSSR count). The Hall–Kier alpha value is -1.23. The van der Waals surface area contributed by atoms with Crippen LogP contribution in [0.2, 0.25) is 0 Å². The highest BCUT2D eigenvalue weighted by Crippen LogP contribution is 2.27. The summed E-state index contributed by atoms with van der Waals surface area (Å²) in [5.41, 5.74) is 7.49. The van der Waals surface area contributed by atoms with Crippen LogP contribution < -0.4 is 11.3 Å². The Morgan fingerprint density at radius 1 is 1.15 bits per heavy atom. The van der Waals surface area contributed by atoms with Gasteiger partial charge in [0.25, 0.3) is 0 Å². The quantitative estimate of drug-likeness (QED) is 0.655. The second kappa shape index (κ2) is 6.48. The number of hydrogen-bond donors (Lipinski definition) is 2. The van der Waals surface area contributed by atoms with Gasteiger partial charge in [-0.25, -0.2) is 4.39 Å². The van der Waals surface area contributed by atoms with Crippen molar-refractivity contribution in [2.24, 2.45) is 5.84 Å². The molecule has 4 heteroatoms. The van der Waals surface area contributed by atoms with Crippen molar-refractivity contribution < 1.29 is 4.39 Å². The summed E-state index contributed by atoms with van der Waals surface area (Å²) in [6, 6.07) is 11.0. The van der Waals surface area contributed by atoms with E-state index in [1.807, 2.05) is 0 Å². The molecule has 0 bridgehead atoms. The Labute approximate surface area is 127 Å². The summed E-state index contributed by atoms with van der Waals surface area (Å²) in [6.45, 7) is 4.19. The van der Waals surface area contributed by atoms with Crippen molar-refractivity contribution in [3.63, 3.8) is 0 Å². The van der Waals surface area contributed by atoms with Gasteiger partial charge in [-0.3, -0.25) is 11.3 Å². The molecule has 0 aliphatic heterocycles. The number of benzene rings is 2. The maximum atomic E-state index is 13.2. The number of rotatable bonds is 4. The molecule has 20 heavy (non-hydrogen) atoms. The first kappa shape index (κ1) is 15.2. The van der Waals surface area contributed by atoms with E-state index in [0.717, 1.165) is 16.5 Å². The van der Waals surface area contributed by atoms with E-state index in [9.17, 15) is 4.39 Å². The summed E-state index contributed by atoms with van der Waals surface area (Å²) >= 11 is 3.39. The van der Waals surface area contributed by atoms with Gasteiger partial charge >= 0.3 is 0 Å². The van der Waals surface area contributed by atoms with E-state index in [4.69, 9.17) is 5.84 Å². The summed E-state index contributed by atoms with van der Waals surface area (Å²) in [4.78, 5) is 0. The van der Waals surface area contributed by atoms with E-state index in [-0.39, 0.29) is 11.9 Å². The highest BCUT2D eigenvalue weighted by Gasteiger charge is 2.14. The highest BCUT2D eigenvalue weighted by atomic mass is 79.9. The van der Waals surface area contributed by atoms with Gasteiger partial charge in [0.05, 0.1) is 6.04 Å². The molecule has 2 aromatic carbocycles. The van der Waals surface area contributed by atoms with Crippen LogP contribution in [-0.4, -0.2) is 0 Å². The van der Waals surface area contributed by atoms with Gasteiger partial charge in [0.15, 0.2) is 0 Å². The molecule has 0 saturated carbocycles. The standard InChI is InChI=1S/C16H18BrFN2/c1-10-3-4-12(7-11(10)2)8-16(20-19)14-6-5-13(18)9-15(14)17/h3-7,9,16,20H,8,19H2,1-2H3. The van der Waals surface area contributed by atoms with Gasteiger partial charge in [-0.2, -0.15) is 0 Å². The third kappa shape index (κ3) is 3.45. The van der Waals surface area contributed by atoms with Gasteiger partial charge in [-0.15, -0.1) is 0 Å². The Kier molecular flexibility index (Phi) is 4.91. The zero-order chi connectivity index (χ0) is 14.7.